The van der Waals surface area contributed by atoms with Crippen molar-refractivity contribution in [2.24, 2.45) is 5.92 Å². The van der Waals surface area contributed by atoms with Gasteiger partial charge in [-0.15, -0.1) is 0 Å². The van der Waals surface area contributed by atoms with Gasteiger partial charge < -0.3 is 14.8 Å². The van der Waals surface area contributed by atoms with Crippen LogP contribution in [0, 0.1) is 18.7 Å². The molecule has 0 spiro atoms. The lowest BCUT2D eigenvalue weighted by molar-refractivity contribution is 0.124. The molecule has 2 N–H and O–H groups in total. The first-order valence-electron chi connectivity index (χ1n) is 10.2. The van der Waals surface area contributed by atoms with Gasteiger partial charge in [-0.1, -0.05) is 56.3 Å². The van der Waals surface area contributed by atoms with Gasteiger partial charge in [0.25, 0.3) is 0 Å². The zero-order valence-electron chi connectivity index (χ0n) is 17.4. The van der Waals surface area contributed by atoms with Gasteiger partial charge in [-0.05, 0) is 53.8 Å². The number of benzene rings is 3. The van der Waals surface area contributed by atoms with E-state index in [2.05, 4.69) is 4.98 Å². The Labute approximate surface area is 176 Å². The Morgan fingerprint density at radius 1 is 1.00 bits per heavy atom. The van der Waals surface area contributed by atoms with Crippen molar-refractivity contribution in [1.29, 1.82) is 0 Å². The highest BCUT2D eigenvalue weighted by atomic mass is 19.1. The van der Waals surface area contributed by atoms with E-state index in [1.807, 2.05) is 68.4 Å². The molecule has 154 valence electrons. The van der Waals surface area contributed by atoms with Crippen molar-refractivity contribution in [1.82, 2.24) is 4.98 Å². The van der Waals surface area contributed by atoms with E-state index in [4.69, 9.17) is 4.74 Å². The number of rotatable bonds is 6. The number of aliphatic hydroxyl groups excluding tert-OH is 1. The largest absolute Gasteiger partial charge is 0.488 e. The molecule has 0 bridgehead atoms. The Morgan fingerprint density at radius 2 is 1.77 bits per heavy atom. The zero-order chi connectivity index (χ0) is 21.3. The van der Waals surface area contributed by atoms with Crippen molar-refractivity contribution in [3.05, 3.63) is 89.4 Å². The van der Waals surface area contributed by atoms with Crippen molar-refractivity contribution in [2.45, 2.75) is 33.5 Å². The monoisotopic (exact) mass is 403 g/mol. The maximum Gasteiger partial charge on any atom is 0.129 e. The standard InChI is InChI=1S/C26H26FNO2/c1-16(2)26(29)25-23(19-12-13-20(27)17(3)14-19)24-21(28-25)10-7-11-22(24)30-15-18-8-5-4-6-9-18/h4-14,16,26,28-29H,15H2,1-3H3. The quantitative estimate of drug-likeness (QED) is 0.383. The lowest BCUT2D eigenvalue weighted by Crippen LogP contribution is -2.07. The molecule has 0 saturated carbocycles. The van der Waals surface area contributed by atoms with Gasteiger partial charge in [-0.25, -0.2) is 4.39 Å². The number of H-pyrrole nitrogens is 1. The van der Waals surface area contributed by atoms with E-state index >= 15 is 0 Å². The molecule has 1 aromatic heterocycles. The maximum absolute atomic E-state index is 13.9. The minimum atomic E-state index is -0.681. The van der Waals surface area contributed by atoms with Crippen LogP contribution in [0.3, 0.4) is 0 Å². The summed E-state index contributed by atoms with van der Waals surface area (Å²) < 4.78 is 20.1. The molecule has 1 unspecified atom stereocenters. The van der Waals surface area contributed by atoms with Gasteiger partial charge in [0.1, 0.15) is 18.2 Å². The third-order valence-corrected chi connectivity index (χ3v) is 5.43. The molecule has 0 saturated heterocycles. The van der Waals surface area contributed by atoms with Gasteiger partial charge in [0.15, 0.2) is 0 Å². The molecule has 1 atom stereocenters. The predicted octanol–water partition coefficient (Wildman–Crippen LogP) is 6.55. The lowest BCUT2D eigenvalue weighted by atomic mass is 9.94. The highest BCUT2D eigenvalue weighted by Crippen LogP contribution is 2.42. The molecule has 4 aromatic rings. The van der Waals surface area contributed by atoms with Gasteiger partial charge >= 0.3 is 0 Å². The van der Waals surface area contributed by atoms with E-state index in [0.717, 1.165) is 39.0 Å². The number of aromatic amines is 1. The van der Waals surface area contributed by atoms with E-state index in [9.17, 15) is 9.50 Å². The molecule has 0 amide bonds. The first kappa shape index (κ1) is 20.2. The van der Waals surface area contributed by atoms with Gasteiger partial charge in [0.05, 0.1) is 17.3 Å². The van der Waals surface area contributed by atoms with Crippen LogP contribution in [0.2, 0.25) is 0 Å². The Balaban J connectivity index is 1.88. The zero-order valence-corrected chi connectivity index (χ0v) is 17.4. The summed E-state index contributed by atoms with van der Waals surface area (Å²) in [7, 11) is 0. The Hall–Kier alpha value is -3.11. The summed E-state index contributed by atoms with van der Waals surface area (Å²) in [6.45, 7) is 6.14. The van der Waals surface area contributed by atoms with Crippen LogP contribution < -0.4 is 4.74 Å². The topological polar surface area (TPSA) is 45.2 Å². The van der Waals surface area contributed by atoms with Crippen LogP contribution in [0.5, 0.6) is 5.75 Å². The average Bonchev–Trinajstić information content (AvgIpc) is 3.14. The van der Waals surface area contributed by atoms with Crippen molar-refractivity contribution in [2.75, 3.05) is 0 Å². The molecule has 4 rings (SSSR count). The third kappa shape index (κ3) is 3.83. The molecular formula is C26H26FNO2. The van der Waals surface area contributed by atoms with E-state index < -0.39 is 6.10 Å². The number of fused-ring (bicyclic) bond motifs is 1. The Kier molecular flexibility index (Phi) is 5.60. The summed E-state index contributed by atoms with van der Waals surface area (Å²) in [5.74, 6) is 0.504. The molecule has 3 nitrogen and oxygen atoms in total. The SMILES string of the molecule is Cc1cc(-c2c(C(O)C(C)C)[nH]c3cccc(OCc4ccccc4)c23)ccc1F. The summed E-state index contributed by atoms with van der Waals surface area (Å²) in [5.41, 5.74) is 4.96. The first-order valence-corrected chi connectivity index (χ1v) is 10.2. The van der Waals surface area contributed by atoms with Crippen LogP contribution in [-0.2, 0) is 6.61 Å². The molecule has 1 heterocycles. The fourth-order valence-electron chi connectivity index (χ4n) is 3.75. The van der Waals surface area contributed by atoms with Crippen molar-refractivity contribution < 1.29 is 14.2 Å². The summed E-state index contributed by atoms with van der Waals surface area (Å²) in [5, 5.41) is 11.8. The Bertz CT molecular complexity index is 1160. The van der Waals surface area contributed by atoms with Crippen LogP contribution in [0.1, 0.15) is 36.8 Å². The van der Waals surface area contributed by atoms with E-state index in [0.29, 0.717) is 12.2 Å². The van der Waals surface area contributed by atoms with Crippen LogP contribution in [-0.4, -0.2) is 10.1 Å². The summed E-state index contributed by atoms with van der Waals surface area (Å²) in [6.07, 6.45) is -0.681. The molecular weight excluding hydrogens is 377 g/mol. The minimum absolute atomic E-state index is 0.0204. The second-order valence-electron chi connectivity index (χ2n) is 8.02. The number of hydrogen-bond acceptors (Lipinski definition) is 2. The van der Waals surface area contributed by atoms with Crippen molar-refractivity contribution in [3.8, 4) is 16.9 Å². The first-order chi connectivity index (χ1) is 14.5. The molecule has 0 radical (unpaired) electrons. The number of aryl methyl sites for hydroxylation is 1. The molecule has 4 heteroatoms. The average molecular weight is 403 g/mol. The van der Waals surface area contributed by atoms with E-state index in [1.165, 1.54) is 6.07 Å². The molecule has 0 aliphatic carbocycles. The van der Waals surface area contributed by atoms with Gasteiger partial charge in [-0.2, -0.15) is 0 Å². The molecule has 0 fully saturated rings. The van der Waals surface area contributed by atoms with Crippen molar-refractivity contribution in [3.63, 3.8) is 0 Å². The van der Waals surface area contributed by atoms with Gasteiger partial charge in [0, 0.05) is 10.9 Å². The lowest BCUT2D eigenvalue weighted by Gasteiger charge is -2.16. The van der Waals surface area contributed by atoms with Gasteiger partial charge in [-0.3, -0.25) is 0 Å². The van der Waals surface area contributed by atoms with Crippen molar-refractivity contribution >= 4 is 10.9 Å². The summed E-state index contributed by atoms with van der Waals surface area (Å²) in [4.78, 5) is 3.39. The molecule has 0 aliphatic rings. The highest BCUT2D eigenvalue weighted by Gasteiger charge is 2.24. The molecule has 30 heavy (non-hydrogen) atoms. The number of aliphatic hydroxyl groups is 1. The molecule has 3 aromatic carbocycles. The highest BCUT2D eigenvalue weighted by molar-refractivity contribution is 6.02. The van der Waals surface area contributed by atoms with Crippen LogP contribution in [0.4, 0.5) is 4.39 Å². The fourth-order valence-corrected chi connectivity index (χ4v) is 3.75. The predicted molar refractivity (Wildman–Crippen MR) is 119 cm³/mol. The maximum atomic E-state index is 13.9. The normalized spacial score (nSPS) is 12.5. The Morgan fingerprint density at radius 3 is 2.47 bits per heavy atom. The number of aromatic nitrogens is 1. The third-order valence-electron chi connectivity index (χ3n) is 5.43. The fraction of sp³-hybridized carbons (Fsp3) is 0.231. The van der Waals surface area contributed by atoms with Gasteiger partial charge in [0.2, 0.25) is 0 Å². The van der Waals surface area contributed by atoms with E-state index in [-0.39, 0.29) is 11.7 Å². The second kappa shape index (κ2) is 8.33. The summed E-state index contributed by atoms with van der Waals surface area (Å²) in [6, 6.07) is 20.9. The number of hydrogen-bond donors (Lipinski definition) is 2. The van der Waals surface area contributed by atoms with Crippen LogP contribution in [0.15, 0.2) is 66.7 Å². The van der Waals surface area contributed by atoms with Crippen LogP contribution >= 0.6 is 0 Å². The van der Waals surface area contributed by atoms with Crippen LogP contribution in [0.25, 0.3) is 22.0 Å². The summed E-state index contributed by atoms with van der Waals surface area (Å²) >= 11 is 0. The minimum Gasteiger partial charge on any atom is -0.488 e. The number of ether oxygens (including phenoxy) is 1. The number of halogens is 1. The van der Waals surface area contributed by atoms with E-state index in [1.54, 1.807) is 13.0 Å². The molecule has 0 aliphatic heterocycles. The number of nitrogens with one attached hydrogen (secondary N) is 1. The smallest absolute Gasteiger partial charge is 0.129 e. The second-order valence-corrected chi connectivity index (χ2v) is 8.02.